The fraction of sp³-hybridized carbons (Fsp3) is 0.0556. The highest BCUT2D eigenvalue weighted by atomic mass is 16.5. The zero-order chi connectivity index (χ0) is 17.6. The molecule has 7 nitrogen and oxygen atoms in total. The van der Waals surface area contributed by atoms with Gasteiger partial charge in [0.1, 0.15) is 17.8 Å². The lowest BCUT2D eigenvalue weighted by Crippen LogP contribution is -2.04. The number of nitrogens with one attached hydrogen (secondary N) is 1. The van der Waals surface area contributed by atoms with Crippen molar-refractivity contribution < 1.29 is 14.3 Å². The quantitative estimate of drug-likeness (QED) is 0.689. The molecule has 0 radical (unpaired) electrons. The van der Waals surface area contributed by atoms with E-state index in [0.29, 0.717) is 22.8 Å². The molecule has 25 heavy (non-hydrogen) atoms. The van der Waals surface area contributed by atoms with Gasteiger partial charge in [0.2, 0.25) is 5.88 Å². The summed E-state index contributed by atoms with van der Waals surface area (Å²) in [5.41, 5.74) is 7.54. The zero-order valence-electron chi connectivity index (χ0n) is 13.5. The van der Waals surface area contributed by atoms with E-state index < -0.39 is 5.97 Å². The van der Waals surface area contributed by atoms with Crippen LogP contribution in [0.1, 0.15) is 10.4 Å². The molecule has 7 heteroatoms. The van der Waals surface area contributed by atoms with Gasteiger partial charge in [-0.3, -0.25) is 0 Å². The summed E-state index contributed by atoms with van der Waals surface area (Å²) in [5, 5.41) is 3.07. The third kappa shape index (κ3) is 3.84. The lowest BCUT2D eigenvalue weighted by atomic mass is 10.2. The van der Waals surface area contributed by atoms with Crippen LogP contribution >= 0.6 is 0 Å². The van der Waals surface area contributed by atoms with Crippen molar-refractivity contribution in [2.45, 2.75) is 0 Å². The van der Waals surface area contributed by atoms with Crippen molar-refractivity contribution in [2.75, 3.05) is 18.2 Å². The largest absolute Gasteiger partial charge is 0.465 e. The number of methoxy groups -OCH3 is 1. The van der Waals surface area contributed by atoms with Gasteiger partial charge in [-0.05, 0) is 36.4 Å². The minimum Gasteiger partial charge on any atom is -0.465 e. The van der Waals surface area contributed by atoms with Crippen LogP contribution in [0.25, 0.3) is 0 Å². The molecule has 0 bridgehead atoms. The molecule has 0 spiro atoms. The van der Waals surface area contributed by atoms with Crippen LogP contribution in [0.4, 0.5) is 17.2 Å². The first-order chi connectivity index (χ1) is 12.2. The molecule has 1 heterocycles. The van der Waals surface area contributed by atoms with Crippen molar-refractivity contribution >= 4 is 23.2 Å². The Morgan fingerprint density at radius 1 is 1.04 bits per heavy atom. The number of hydrogen-bond acceptors (Lipinski definition) is 7. The number of anilines is 3. The number of nitrogen functional groups attached to an aromatic ring is 1. The maximum Gasteiger partial charge on any atom is 0.337 e. The number of para-hydroxylation sites is 1. The number of rotatable bonds is 5. The SMILES string of the molecule is COC(=O)c1ccc(Nc2ncnc(Oc3ccccc3)c2N)cc1. The number of carbonyl (C=O) groups is 1. The minimum atomic E-state index is -0.397. The lowest BCUT2D eigenvalue weighted by molar-refractivity contribution is 0.0601. The van der Waals surface area contributed by atoms with Crippen LogP contribution in [0.5, 0.6) is 11.6 Å². The molecular formula is C18H16N4O3. The maximum absolute atomic E-state index is 11.5. The van der Waals surface area contributed by atoms with Crippen LogP contribution in [0, 0.1) is 0 Å². The molecule has 3 aromatic rings. The summed E-state index contributed by atoms with van der Waals surface area (Å²) in [6.07, 6.45) is 1.36. The normalized spacial score (nSPS) is 10.1. The molecule has 1 aromatic heterocycles. The van der Waals surface area contributed by atoms with Crippen molar-refractivity contribution in [2.24, 2.45) is 0 Å². The van der Waals surface area contributed by atoms with E-state index in [2.05, 4.69) is 20.0 Å². The highest BCUT2D eigenvalue weighted by Crippen LogP contribution is 2.30. The van der Waals surface area contributed by atoms with Gasteiger partial charge in [0.05, 0.1) is 12.7 Å². The van der Waals surface area contributed by atoms with E-state index in [1.165, 1.54) is 13.4 Å². The molecule has 3 rings (SSSR count). The van der Waals surface area contributed by atoms with E-state index in [9.17, 15) is 4.79 Å². The first-order valence-corrected chi connectivity index (χ1v) is 7.46. The van der Waals surface area contributed by atoms with Crippen molar-refractivity contribution in [3.63, 3.8) is 0 Å². The fourth-order valence-electron chi connectivity index (χ4n) is 2.10. The standard InChI is InChI=1S/C18H16N4O3/c1-24-18(23)12-7-9-13(10-8-12)22-16-15(19)17(21-11-20-16)25-14-5-3-2-4-6-14/h2-11H,19H2,1H3,(H,20,21,22). The Labute approximate surface area is 144 Å². The van der Waals surface area contributed by atoms with E-state index in [1.54, 1.807) is 36.4 Å². The number of carbonyl (C=O) groups excluding carboxylic acids is 1. The van der Waals surface area contributed by atoms with Crippen LogP contribution in [0.15, 0.2) is 60.9 Å². The number of nitrogens with zero attached hydrogens (tertiary/aromatic N) is 2. The molecule has 0 aliphatic rings. The van der Waals surface area contributed by atoms with Gasteiger partial charge >= 0.3 is 5.97 Å². The van der Waals surface area contributed by atoms with Gasteiger partial charge < -0.3 is 20.5 Å². The van der Waals surface area contributed by atoms with Crippen LogP contribution in [0.2, 0.25) is 0 Å². The minimum absolute atomic E-state index is 0.259. The van der Waals surface area contributed by atoms with Crippen molar-refractivity contribution in [3.05, 3.63) is 66.5 Å². The van der Waals surface area contributed by atoms with E-state index in [-0.39, 0.29) is 11.6 Å². The molecular weight excluding hydrogens is 320 g/mol. The molecule has 0 saturated heterocycles. The van der Waals surface area contributed by atoms with E-state index in [0.717, 1.165) is 0 Å². The summed E-state index contributed by atoms with van der Waals surface area (Å²) in [5.74, 6) is 0.898. The van der Waals surface area contributed by atoms with E-state index in [1.807, 2.05) is 18.2 Å². The van der Waals surface area contributed by atoms with Crippen LogP contribution in [0.3, 0.4) is 0 Å². The van der Waals surface area contributed by atoms with E-state index >= 15 is 0 Å². The maximum atomic E-state index is 11.5. The number of ether oxygens (including phenoxy) is 2. The highest BCUT2D eigenvalue weighted by Gasteiger charge is 2.11. The average molecular weight is 336 g/mol. The molecule has 0 fully saturated rings. The van der Waals surface area contributed by atoms with Gasteiger partial charge in [-0.1, -0.05) is 18.2 Å². The molecule has 0 saturated carbocycles. The third-order valence-electron chi connectivity index (χ3n) is 3.37. The molecule has 2 aromatic carbocycles. The number of benzene rings is 2. The fourth-order valence-corrected chi connectivity index (χ4v) is 2.10. The summed E-state index contributed by atoms with van der Waals surface area (Å²) >= 11 is 0. The van der Waals surface area contributed by atoms with Crippen LogP contribution < -0.4 is 15.8 Å². The Hall–Kier alpha value is -3.61. The predicted octanol–water partition coefficient (Wildman–Crippen LogP) is 3.38. The highest BCUT2D eigenvalue weighted by molar-refractivity contribution is 5.89. The molecule has 0 aliphatic heterocycles. The number of hydrogen-bond donors (Lipinski definition) is 2. The van der Waals surface area contributed by atoms with Gasteiger partial charge in [-0.2, -0.15) is 4.98 Å². The van der Waals surface area contributed by atoms with E-state index in [4.69, 9.17) is 10.5 Å². The summed E-state index contributed by atoms with van der Waals surface area (Å²) in [4.78, 5) is 19.7. The summed E-state index contributed by atoms with van der Waals surface area (Å²) in [6, 6.07) is 16.0. The van der Waals surface area contributed by atoms with Gasteiger partial charge in [0, 0.05) is 5.69 Å². The Kier molecular flexibility index (Phi) is 4.75. The molecule has 0 aliphatic carbocycles. The average Bonchev–Trinajstić information content (AvgIpc) is 2.66. The molecule has 0 amide bonds. The molecule has 0 atom stereocenters. The summed E-state index contributed by atoms with van der Waals surface area (Å²) in [6.45, 7) is 0. The van der Waals surface area contributed by atoms with Gasteiger partial charge in [0.15, 0.2) is 5.82 Å². The predicted molar refractivity (Wildman–Crippen MR) is 94.0 cm³/mol. The van der Waals surface area contributed by atoms with Crippen molar-refractivity contribution in [1.29, 1.82) is 0 Å². The van der Waals surface area contributed by atoms with Gasteiger partial charge in [-0.15, -0.1) is 0 Å². The second-order valence-electron chi connectivity index (χ2n) is 5.05. The van der Waals surface area contributed by atoms with Crippen LogP contribution in [-0.2, 0) is 4.74 Å². The zero-order valence-corrected chi connectivity index (χ0v) is 13.5. The second kappa shape index (κ2) is 7.31. The summed E-state index contributed by atoms with van der Waals surface area (Å²) < 4.78 is 10.3. The molecule has 0 unspecified atom stereocenters. The topological polar surface area (TPSA) is 99.4 Å². The Morgan fingerprint density at radius 2 is 1.76 bits per heavy atom. The number of aromatic nitrogens is 2. The van der Waals surface area contributed by atoms with Crippen molar-refractivity contribution in [1.82, 2.24) is 9.97 Å². The smallest absolute Gasteiger partial charge is 0.337 e. The lowest BCUT2D eigenvalue weighted by Gasteiger charge is -2.12. The Balaban J connectivity index is 1.79. The monoisotopic (exact) mass is 336 g/mol. The number of nitrogens with two attached hydrogens (primary N) is 1. The second-order valence-corrected chi connectivity index (χ2v) is 5.05. The molecule has 3 N–H and O–H groups in total. The van der Waals surface area contributed by atoms with Gasteiger partial charge in [-0.25, -0.2) is 9.78 Å². The first-order valence-electron chi connectivity index (χ1n) is 7.46. The van der Waals surface area contributed by atoms with Crippen LogP contribution in [-0.4, -0.2) is 23.0 Å². The Bertz CT molecular complexity index is 867. The Morgan fingerprint density at radius 3 is 2.44 bits per heavy atom. The number of esters is 1. The first kappa shape index (κ1) is 16.3. The van der Waals surface area contributed by atoms with Gasteiger partial charge in [0.25, 0.3) is 0 Å². The molecule has 126 valence electrons. The van der Waals surface area contributed by atoms with Crippen molar-refractivity contribution in [3.8, 4) is 11.6 Å². The summed E-state index contributed by atoms with van der Waals surface area (Å²) in [7, 11) is 1.34. The third-order valence-corrected chi connectivity index (χ3v) is 3.37.